The van der Waals surface area contributed by atoms with Crippen LogP contribution in [0.3, 0.4) is 0 Å². The third-order valence-electron chi connectivity index (χ3n) is 3.82. The number of aliphatic hydroxyl groups is 1. The molecule has 6 heteroatoms. The molecule has 3 rings (SSSR count). The van der Waals surface area contributed by atoms with Gasteiger partial charge in [0.2, 0.25) is 5.95 Å². The maximum atomic E-state index is 9.21. The summed E-state index contributed by atoms with van der Waals surface area (Å²) in [5.74, 6) is 1.87. The monoisotopic (exact) mass is 376 g/mol. The van der Waals surface area contributed by atoms with E-state index >= 15 is 0 Å². The quantitative estimate of drug-likeness (QED) is 0.711. The van der Waals surface area contributed by atoms with Crippen molar-refractivity contribution in [1.29, 1.82) is 0 Å². The third kappa shape index (κ3) is 4.20. The molecule has 1 heterocycles. The standard InChI is InChI=1S/C17H21BrN4O/c1-10-7-13(5-6-14(10)18)20-16-8-15(12-3-4-12)21-17(22-16)19-11(2)9-23/h5-8,11-12,23H,3-4,9H2,1-2H3,(H2,19,20,21,22)/t11-/m0/s1. The van der Waals surface area contributed by atoms with Gasteiger partial charge in [-0.05, 0) is 50.5 Å². The van der Waals surface area contributed by atoms with Gasteiger partial charge in [-0.25, -0.2) is 4.98 Å². The highest BCUT2D eigenvalue weighted by molar-refractivity contribution is 9.10. The van der Waals surface area contributed by atoms with Gasteiger partial charge in [-0.2, -0.15) is 4.98 Å². The summed E-state index contributed by atoms with van der Waals surface area (Å²) in [4.78, 5) is 9.10. The van der Waals surface area contributed by atoms with Gasteiger partial charge in [0.05, 0.1) is 12.3 Å². The number of anilines is 3. The summed E-state index contributed by atoms with van der Waals surface area (Å²) in [5, 5.41) is 15.7. The summed E-state index contributed by atoms with van der Waals surface area (Å²) in [6, 6.07) is 8.05. The zero-order chi connectivity index (χ0) is 16.4. The maximum absolute atomic E-state index is 9.21. The molecule has 122 valence electrons. The molecule has 5 nitrogen and oxygen atoms in total. The number of nitrogens with zero attached hydrogens (tertiary/aromatic N) is 2. The molecule has 3 N–H and O–H groups in total. The van der Waals surface area contributed by atoms with Crippen molar-refractivity contribution in [3.8, 4) is 0 Å². The lowest BCUT2D eigenvalue weighted by molar-refractivity contribution is 0.281. The van der Waals surface area contributed by atoms with Crippen molar-refractivity contribution >= 4 is 33.4 Å². The predicted molar refractivity (Wildman–Crippen MR) is 96.3 cm³/mol. The Balaban J connectivity index is 1.86. The first-order valence-corrected chi connectivity index (χ1v) is 8.64. The second-order valence-corrected chi connectivity index (χ2v) is 6.95. The van der Waals surface area contributed by atoms with Crippen LogP contribution >= 0.6 is 15.9 Å². The topological polar surface area (TPSA) is 70.1 Å². The molecule has 23 heavy (non-hydrogen) atoms. The van der Waals surface area contributed by atoms with Crippen LogP contribution < -0.4 is 10.6 Å². The molecular weight excluding hydrogens is 356 g/mol. The highest BCUT2D eigenvalue weighted by Gasteiger charge is 2.26. The normalized spacial score (nSPS) is 15.3. The summed E-state index contributed by atoms with van der Waals surface area (Å²) in [7, 11) is 0. The van der Waals surface area contributed by atoms with E-state index < -0.39 is 0 Å². The van der Waals surface area contributed by atoms with E-state index in [9.17, 15) is 5.11 Å². The molecule has 0 saturated heterocycles. The van der Waals surface area contributed by atoms with Gasteiger partial charge in [-0.3, -0.25) is 0 Å². The molecule has 1 atom stereocenters. The maximum Gasteiger partial charge on any atom is 0.225 e. The van der Waals surface area contributed by atoms with E-state index in [2.05, 4.69) is 49.5 Å². The zero-order valence-corrected chi connectivity index (χ0v) is 14.9. The molecule has 1 aliphatic rings. The first-order chi connectivity index (χ1) is 11.0. The summed E-state index contributed by atoms with van der Waals surface area (Å²) in [6.07, 6.45) is 2.37. The molecule has 0 amide bonds. The van der Waals surface area contributed by atoms with Crippen LogP contribution in [0.25, 0.3) is 0 Å². The molecule has 0 bridgehead atoms. The number of hydrogen-bond acceptors (Lipinski definition) is 5. The van der Waals surface area contributed by atoms with Crippen LogP contribution in [-0.4, -0.2) is 27.7 Å². The Kier molecular flexibility index (Phi) is 4.82. The van der Waals surface area contributed by atoms with Gasteiger partial charge in [0, 0.05) is 28.2 Å². The molecule has 0 spiro atoms. The lowest BCUT2D eigenvalue weighted by Crippen LogP contribution is -2.21. The molecular formula is C17H21BrN4O. The van der Waals surface area contributed by atoms with Gasteiger partial charge in [0.15, 0.2) is 0 Å². The second-order valence-electron chi connectivity index (χ2n) is 6.09. The van der Waals surface area contributed by atoms with Crippen molar-refractivity contribution in [2.75, 3.05) is 17.2 Å². The minimum atomic E-state index is -0.0766. The van der Waals surface area contributed by atoms with Crippen molar-refractivity contribution in [1.82, 2.24) is 9.97 Å². The first-order valence-electron chi connectivity index (χ1n) is 7.84. The molecule has 0 radical (unpaired) electrons. The Morgan fingerprint density at radius 3 is 2.74 bits per heavy atom. The van der Waals surface area contributed by atoms with E-state index in [1.165, 1.54) is 18.4 Å². The van der Waals surface area contributed by atoms with E-state index in [0.29, 0.717) is 11.9 Å². The number of benzene rings is 1. The highest BCUT2D eigenvalue weighted by Crippen LogP contribution is 2.40. The van der Waals surface area contributed by atoms with E-state index in [1.54, 1.807) is 0 Å². The van der Waals surface area contributed by atoms with Gasteiger partial charge in [-0.15, -0.1) is 0 Å². The lowest BCUT2D eigenvalue weighted by Gasteiger charge is -2.14. The Bertz CT molecular complexity index is 703. The molecule has 0 unspecified atom stereocenters. The Morgan fingerprint density at radius 1 is 1.30 bits per heavy atom. The fourth-order valence-corrected chi connectivity index (χ4v) is 2.57. The SMILES string of the molecule is Cc1cc(Nc2cc(C3CC3)nc(N[C@@H](C)CO)n2)ccc1Br. The van der Waals surface area contributed by atoms with E-state index in [0.717, 1.165) is 21.7 Å². The molecule has 1 aromatic carbocycles. The largest absolute Gasteiger partial charge is 0.394 e. The van der Waals surface area contributed by atoms with Crippen LogP contribution in [0.4, 0.5) is 17.5 Å². The molecule has 1 saturated carbocycles. The molecule has 0 aliphatic heterocycles. The fourth-order valence-electron chi connectivity index (χ4n) is 2.32. The number of nitrogens with one attached hydrogen (secondary N) is 2. The lowest BCUT2D eigenvalue weighted by atomic mass is 10.2. The number of hydrogen-bond donors (Lipinski definition) is 3. The van der Waals surface area contributed by atoms with Crippen LogP contribution in [0, 0.1) is 6.92 Å². The summed E-state index contributed by atoms with van der Waals surface area (Å²) >= 11 is 3.51. The Morgan fingerprint density at radius 2 is 2.09 bits per heavy atom. The number of aryl methyl sites for hydroxylation is 1. The van der Waals surface area contributed by atoms with Crippen molar-refractivity contribution in [3.63, 3.8) is 0 Å². The third-order valence-corrected chi connectivity index (χ3v) is 4.71. The smallest absolute Gasteiger partial charge is 0.225 e. The number of halogens is 1. The number of aliphatic hydroxyl groups excluding tert-OH is 1. The highest BCUT2D eigenvalue weighted by atomic mass is 79.9. The van der Waals surface area contributed by atoms with Crippen LogP contribution in [-0.2, 0) is 0 Å². The minimum Gasteiger partial charge on any atom is -0.394 e. The van der Waals surface area contributed by atoms with Crippen LogP contribution in [0.2, 0.25) is 0 Å². The first kappa shape index (κ1) is 16.2. The average molecular weight is 377 g/mol. The van der Waals surface area contributed by atoms with E-state index in [4.69, 9.17) is 0 Å². The van der Waals surface area contributed by atoms with Crippen molar-refractivity contribution in [2.45, 2.75) is 38.6 Å². The van der Waals surface area contributed by atoms with Crippen molar-refractivity contribution in [2.24, 2.45) is 0 Å². The van der Waals surface area contributed by atoms with Crippen LogP contribution in [0.5, 0.6) is 0 Å². The molecule has 2 aromatic rings. The number of aromatic nitrogens is 2. The zero-order valence-electron chi connectivity index (χ0n) is 13.3. The summed E-state index contributed by atoms with van der Waals surface area (Å²) in [6.45, 7) is 4.00. The van der Waals surface area contributed by atoms with Gasteiger partial charge in [0.1, 0.15) is 5.82 Å². The van der Waals surface area contributed by atoms with Gasteiger partial charge < -0.3 is 15.7 Å². The van der Waals surface area contributed by atoms with E-state index in [1.807, 2.05) is 25.1 Å². The Hall–Kier alpha value is -1.66. The van der Waals surface area contributed by atoms with Crippen molar-refractivity contribution < 1.29 is 5.11 Å². The average Bonchev–Trinajstić information content (AvgIpc) is 3.35. The molecule has 1 fully saturated rings. The van der Waals surface area contributed by atoms with E-state index in [-0.39, 0.29) is 12.6 Å². The van der Waals surface area contributed by atoms with Crippen molar-refractivity contribution in [3.05, 3.63) is 40.0 Å². The Labute approximate surface area is 144 Å². The molecule has 1 aliphatic carbocycles. The summed E-state index contributed by atoms with van der Waals surface area (Å²) < 4.78 is 1.09. The predicted octanol–water partition coefficient (Wildman–Crippen LogP) is 3.96. The van der Waals surface area contributed by atoms with Gasteiger partial charge in [0.25, 0.3) is 0 Å². The summed E-state index contributed by atoms with van der Waals surface area (Å²) in [5.41, 5.74) is 3.22. The second kappa shape index (κ2) is 6.84. The van der Waals surface area contributed by atoms with Gasteiger partial charge >= 0.3 is 0 Å². The number of rotatable bonds is 6. The minimum absolute atomic E-state index is 0.0473. The van der Waals surface area contributed by atoms with Crippen LogP contribution in [0.1, 0.15) is 36.9 Å². The van der Waals surface area contributed by atoms with Gasteiger partial charge in [-0.1, -0.05) is 15.9 Å². The van der Waals surface area contributed by atoms with Crippen LogP contribution in [0.15, 0.2) is 28.7 Å². The fraction of sp³-hybridized carbons (Fsp3) is 0.412. The molecule has 1 aromatic heterocycles.